The monoisotopic (exact) mass is 354 g/mol. The van der Waals surface area contributed by atoms with Crippen LogP contribution in [0.15, 0.2) is 72.8 Å². The van der Waals surface area contributed by atoms with E-state index >= 15 is 0 Å². The van der Waals surface area contributed by atoms with Gasteiger partial charge in [-0.3, -0.25) is 10.1 Å². The molecular formula is C19H15ClN2O3. The molecule has 0 saturated carbocycles. The molecule has 5 nitrogen and oxygen atoms in total. The SMILES string of the molecule is O=[N+]([O-])c1c(Nc2ccc(Cl)cc2)cccc1OCc1ccccc1. The second kappa shape index (κ2) is 7.68. The van der Waals surface area contributed by atoms with Gasteiger partial charge in [0.2, 0.25) is 0 Å². The lowest BCUT2D eigenvalue weighted by molar-refractivity contribution is -0.385. The molecule has 0 aromatic heterocycles. The van der Waals surface area contributed by atoms with Crippen LogP contribution in [0.25, 0.3) is 0 Å². The number of para-hydroxylation sites is 1. The molecule has 3 rings (SSSR count). The molecular weight excluding hydrogens is 340 g/mol. The van der Waals surface area contributed by atoms with Gasteiger partial charge in [-0.05, 0) is 42.0 Å². The Morgan fingerprint density at radius 2 is 1.68 bits per heavy atom. The fraction of sp³-hybridized carbons (Fsp3) is 0.0526. The van der Waals surface area contributed by atoms with Crippen LogP contribution < -0.4 is 10.1 Å². The lowest BCUT2D eigenvalue weighted by Gasteiger charge is -2.11. The van der Waals surface area contributed by atoms with Crippen molar-refractivity contribution in [3.8, 4) is 5.75 Å². The molecule has 0 aliphatic rings. The highest BCUT2D eigenvalue weighted by atomic mass is 35.5. The van der Waals surface area contributed by atoms with E-state index in [0.717, 1.165) is 5.56 Å². The first kappa shape index (κ1) is 16.8. The molecule has 0 heterocycles. The maximum absolute atomic E-state index is 11.6. The number of nitrogens with one attached hydrogen (secondary N) is 1. The number of nitro groups is 1. The Morgan fingerprint density at radius 3 is 2.36 bits per heavy atom. The van der Waals surface area contributed by atoms with Gasteiger partial charge in [0.05, 0.1) is 4.92 Å². The Bertz CT molecular complexity index is 868. The van der Waals surface area contributed by atoms with E-state index in [1.807, 2.05) is 30.3 Å². The number of rotatable bonds is 6. The summed E-state index contributed by atoms with van der Waals surface area (Å²) in [6.07, 6.45) is 0. The van der Waals surface area contributed by atoms with Crippen molar-refractivity contribution < 1.29 is 9.66 Å². The molecule has 3 aromatic rings. The number of halogens is 1. The number of ether oxygens (including phenoxy) is 1. The van der Waals surface area contributed by atoms with E-state index in [-0.39, 0.29) is 18.0 Å². The van der Waals surface area contributed by atoms with Crippen molar-refractivity contribution in [2.75, 3.05) is 5.32 Å². The molecule has 0 unspecified atom stereocenters. The molecule has 0 atom stereocenters. The first-order valence-corrected chi connectivity index (χ1v) is 7.98. The normalized spacial score (nSPS) is 10.3. The zero-order valence-electron chi connectivity index (χ0n) is 13.2. The van der Waals surface area contributed by atoms with Crippen molar-refractivity contribution in [2.24, 2.45) is 0 Å². The third-order valence-electron chi connectivity index (χ3n) is 3.54. The summed E-state index contributed by atoms with van der Waals surface area (Å²) in [6, 6.07) is 21.4. The van der Waals surface area contributed by atoms with E-state index in [2.05, 4.69) is 5.32 Å². The minimum atomic E-state index is -0.446. The van der Waals surface area contributed by atoms with E-state index in [1.54, 1.807) is 42.5 Å². The number of hydrogen-bond acceptors (Lipinski definition) is 4. The van der Waals surface area contributed by atoms with Crippen molar-refractivity contribution >= 4 is 28.7 Å². The molecule has 3 aromatic carbocycles. The van der Waals surface area contributed by atoms with Crippen LogP contribution in [0.5, 0.6) is 5.75 Å². The zero-order chi connectivity index (χ0) is 17.6. The van der Waals surface area contributed by atoms with Gasteiger partial charge < -0.3 is 10.1 Å². The van der Waals surface area contributed by atoms with Crippen LogP contribution in [0.4, 0.5) is 17.1 Å². The third kappa shape index (κ3) is 4.28. The van der Waals surface area contributed by atoms with Crippen LogP contribution in [-0.2, 0) is 6.61 Å². The highest BCUT2D eigenvalue weighted by Gasteiger charge is 2.21. The van der Waals surface area contributed by atoms with Gasteiger partial charge >= 0.3 is 5.69 Å². The molecule has 0 spiro atoms. The highest BCUT2D eigenvalue weighted by molar-refractivity contribution is 6.30. The average molecular weight is 355 g/mol. The van der Waals surface area contributed by atoms with E-state index in [4.69, 9.17) is 16.3 Å². The number of nitro benzene ring substituents is 1. The molecule has 0 aliphatic heterocycles. The van der Waals surface area contributed by atoms with E-state index in [0.29, 0.717) is 16.4 Å². The summed E-state index contributed by atoms with van der Waals surface area (Å²) in [5, 5.41) is 15.2. The number of hydrogen-bond donors (Lipinski definition) is 1. The summed E-state index contributed by atoms with van der Waals surface area (Å²) in [6.45, 7) is 0.256. The topological polar surface area (TPSA) is 64.4 Å². The minimum Gasteiger partial charge on any atom is -0.482 e. The fourth-order valence-electron chi connectivity index (χ4n) is 2.35. The third-order valence-corrected chi connectivity index (χ3v) is 3.79. The standard InChI is InChI=1S/C19H15ClN2O3/c20-15-9-11-16(12-10-15)21-17-7-4-8-18(19(17)22(23)24)25-13-14-5-2-1-3-6-14/h1-12,21H,13H2. The van der Waals surface area contributed by atoms with Gasteiger partial charge in [-0.1, -0.05) is 48.0 Å². The first-order valence-electron chi connectivity index (χ1n) is 7.60. The van der Waals surface area contributed by atoms with E-state index in [1.165, 1.54) is 0 Å². The van der Waals surface area contributed by atoms with Crippen molar-refractivity contribution in [1.82, 2.24) is 0 Å². The summed E-state index contributed by atoms with van der Waals surface area (Å²) in [4.78, 5) is 11.1. The maximum atomic E-state index is 11.6. The second-order valence-electron chi connectivity index (χ2n) is 5.32. The molecule has 0 bridgehead atoms. The summed E-state index contributed by atoms with van der Waals surface area (Å²) in [5.41, 5.74) is 1.90. The van der Waals surface area contributed by atoms with E-state index < -0.39 is 4.92 Å². The fourth-order valence-corrected chi connectivity index (χ4v) is 2.48. The quantitative estimate of drug-likeness (QED) is 0.464. The summed E-state index contributed by atoms with van der Waals surface area (Å²) >= 11 is 5.87. The Hall–Kier alpha value is -3.05. The van der Waals surface area contributed by atoms with Crippen LogP contribution in [0.1, 0.15) is 5.56 Å². The van der Waals surface area contributed by atoms with Crippen molar-refractivity contribution in [2.45, 2.75) is 6.61 Å². The second-order valence-corrected chi connectivity index (χ2v) is 5.75. The average Bonchev–Trinajstić information content (AvgIpc) is 2.62. The molecule has 25 heavy (non-hydrogen) atoms. The van der Waals surface area contributed by atoms with Crippen LogP contribution in [-0.4, -0.2) is 4.92 Å². The molecule has 0 aliphatic carbocycles. The van der Waals surface area contributed by atoms with Crippen LogP contribution >= 0.6 is 11.6 Å². The maximum Gasteiger partial charge on any atom is 0.334 e. The Kier molecular flexibility index (Phi) is 5.16. The summed E-state index contributed by atoms with van der Waals surface area (Å²) in [7, 11) is 0. The number of nitrogens with zero attached hydrogens (tertiary/aromatic N) is 1. The minimum absolute atomic E-state index is 0.103. The molecule has 6 heteroatoms. The predicted octanol–water partition coefficient (Wildman–Crippen LogP) is 5.57. The van der Waals surface area contributed by atoms with Crippen LogP contribution in [0, 0.1) is 10.1 Å². The van der Waals surface area contributed by atoms with Gasteiger partial charge in [0, 0.05) is 10.7 Å². The lowest BCUT2D eigenvalue weighted by Crippen LogP contribution is -2.02. The zero-order valence-corrected chi connectivity index (χ0v) is 13.9. The van der Waals surface area contributed by atoms with Crippen molar-refractivity contribution in [3.05, 3.63) is 93.5 Å². The Labute approximate surface area is 150 Å². The Morgan fingerprint density at radius 1 is 0.960 bits per heavy atom. The van der Waals surface area contributed by atoms with Crippen LogP contribution in [0.3, 0.4) is 0 Å². The Balaban J connectivity index is 1.86. The van der Waals surface area contributed by atoms with Gasteiger partial charge in [0.25, 0.3) is 0 Å². The summed E-state index contributed by atoms with van der Waals surface area (Å²) in [5.74, 6) is 0.216. The molecule has 0 saturated heterocycles. The van der Waals surface area contributed by atoms with E-state index in [9.17, 15) is 10.1 Å². The summed E-state index contributed by atoms with van der Waals surface area (Å²) < 4.78 is 5.68. The van der Waals surface area contributed by atoms with Gasteiger partial charge in [-0.25, -0.2) is 0 Å². The predicted molar refractivity (Wildman–Crippen MR) is 98.6 cm³/mol. The molecule has 1 N–H and O–H groups in total. The number of anilines is 2. The van der Waals surface area contributed by atoms with Gasteiger partial charge in [0.1, 0.15) is 12.3 Å². The van der Waals surface area contributed by atoms with Gasteiger partial charge in [-0.2, -0.15) is 0 Å². The molecule has 0 amide bonds. The van der Waals surface area contributed by atoms with Gasteiger partial charge in [-0.15, -0.1) is 0 Å². The molecule has 126 valence electrons. The van der Waals surface area contributed by atoms with Gasteiger partial charge in [0.15, 0.2) is 5.75 Å². The van der Waals surface area contributed by atoms with Crippen molar-refractivity contribution in [1.29, 1.82) is 0 Å². The molecule has 0 radical (unpaired) electrons. The first-order chi connectivity index (χ1) is 12.1. The van der Waals surface area contributed by atoms with Crippen LogP contribution in [0.2, 0.25) is 5.02 Å². The smallest absolute Gasteiger partial charge is 0.334 e. The highest BCUT2D eigenvalue weighted by Crippen LogP contribution is 2.37. The number of benzene rings is 3. The lowest BCUT2D eigenvalue weighted by atomic mass is 10.2. The van der Waals surface area contributed by atoms with Crippen molar-refractivity contribution in [3.63, 3.8) is 0 Å². The molecule has 0 fully saturated rings. The largest absolute Gasteiger partial charge is 0.482 e.